The summed E-state index contributed by atoms with van der Waals surface area (Å²) in [5, 5.41) is 10.2. The zero-order valence-corrected chi connectivity index (χ0v) is 19.7. The first kappa shape index (κ1) is 21.4. The molecule has 1 heteroatoms. The highest BCUT2D eigenvalue weighted by Gasteiger charge is 2.56. The Kier molecular flexibility index (Phi) is 5.69. The second kappa shape index (κ2) is 7.70. The molecular weight excluding hydrogens is 352 g/mol. The predicted molar refractivity (Wildman–Crippen MR) is 123 cm³/mol. The van der Waals surface area contributed by atoms with Crippen LogP contribution in [0.2, 0.25) is 0 Å². The van der Waals surface area contributed by atoms with Gasteiger partial charge in [0.05, 0.1) is 6.10 Å². The molecule has 0 aromatic rings. The highest BCUT2D eigenvalue weighted by Crippen LogP contribution is 2.66. The molecule has 0 aromatic carbocycles. The van der Waals surface area contributed by atoms with Crippen molar-refractivity contribution in [1.82, 2.24) is 0 Å². The van der Waals surface area contributed by atoms with Crippen LogP contribution in [0, 0.1) is 46.3 Å². The van der Waals surface area contributed by atoms with E-state index in [1.807, 2.05) is 5.57 Å². The Morgan fingerprint density at radius 2 is 1.72 bits per heavy atom. The summed E-state index contributed by atoms with van der Waals surface area (Å²) in [7, 11) is 0. The lowest BCUT2D eigenvalue weighted by molar-refractivity contribution is 0.0498. The fourth-order valence-electron chi connectivity index (χ4n) is 7.62. The van der Waals surface area contributed by atoms with Crippen LogP contribution in [0.4, 0.5) is 0 Å². The number of aliphatic hydroxyl groups excluding tert-OH is 1. The van der Waals surface area contributed by atoms with Gasteiger partial charge < -0.3 is 5.11 Å². The van der Waals surface area contributed by atoms with E-state index in [4.69, 9.17) is 0 Å². The highest BCUT2D eigenvalue weighted by atomic mass is 16.3. The van der Waals surface area contributed by atoms with Gasteiger partial charge in [0.1, 0.15) is 0 Å². The average molecular weight is 397 g/mol. The summed E-state index contributed by atoms with van der Waals surface area (Å²) in [6.07, 6.45) is 18.3. The molecular formula is C28H44O. The van der Waals surface area contributed by atoms with E-state index in [0.717, 1.165) is 36.5 Å². The van der Waals surface area contributed by atoms with Gasteiger partial charge in [-0.3, -0.25) is 0 Å². The van der Waals surface area contributed by atoms with Gasteiger partial charge in [-0.2, -0.15) is 0 Å². The molecule has 0 unspecified atom stereocenters. The zero-order chi connectivity index (χ0) is 21.0. The number of fused-ring (bicyclic) bond motifs is 5. The van der Waals surface area contributed by atoms with Crippen molar-refractivity contribution in [2.45, 2.75) is 92.6 Å². The summed E-state index contributed by atoms with van der Waals surface area (Å²) in [6.45, 7) is 14.6. The molecule has 0 bridgehead atoms. The molecule has 8 atom stereocenters. The molecule has 0 spiro atoms. The molecule has 0 aliphatic heterocycles. The molecule has 0 amide bonds. The van der Waals surface area contributed by atoms with Crippen LogP contribution in [0.3, 0.4) is 0 Å². The number of rotatable bonds is 4. The Labute approximate surface area is 179 Å². The third-order valence-corrected chi connectivity index (χ3v) is 10.0. The highest BCUT2D eigenvalue weighted by molar-refractivity contribution is 5.36. The summed E-state index contributed by atoms with van der Waals surface area (Å²) in [4.78, 5) is 0. The van der Waals surface area contributed by atoms with Crippen LogP contribution >= 0.6 is 0 Å². The van der Waals surface area contributed by atoms with Crippen LogP contribution in [0.5, 0.6) is 0 Å². The Morgan fingerprint density at radius 1 is 0.966 bits per heavy atom. The lowest BCUT2D eigenvalue weighted by atomic mass is 9.50. The minimum atomic E-state index is -0.210. The first-order valence-electron chi connectivity index (χ1n) is 12.4. The first-order chi connectivity index (χ1) is 13.7. The van der Waals surface area contributed by atoms with E-state index < -0.39 is 0 Å². The maximum atomic E-state index is 10.2. The monoisotopic (exact) mass is 396 g/mol. The lowest BCUT2D eigenvalue weighted by Gasteiger charge is -2.55. The molecule has 2 fully saturated rings. The molecule has 0 aromatic heterocycles. The summed E-state index contributed by atoms with van der Waals surface area (Å²) >= 11 is 0. The molecule has 4 aliphatic carbocycles. The molecule has 0 saturated heterocycles. The third kappa shape index (κ3) is 3.50. The van der Waals surface area contributed by atoms with Crippen LogP contribution in [0.25, 0.3) is 0 Å². The molecule has 29 heavy (non-hydrogen) atoms. The van der Waals surface area contributed by atoms with E-state index in [-0.39, 0.29) is 6.10 Å². The van der Waals surface area contributed by atoms with Crippen LogP contribution in [-0.4, -0.2) is 11.2 Å². The molecule has 162 valence electrons. The second-order valence-electron chi connectivity index (χ2n) is 11.8. The fourth-order valence-corrected chi connectivity index (χ4v) is 7.62. The van der Waals surface area contributed by atoms with E-state index in [1.165, 1.54) is 37.7 Å². The van der Waals surface area contributed by atoms with E-state index >= 15 is 0 Å². The number of hydrogen-bond donors (Lipinski definition) is 1. The predicted octanol–water partition coefficient (Wildman–Crippen LogP) is 7.33. The second-order valence-corrected chi connectivity index (χ2v) is 11.8. The SMILES string of the molecule is CC(C)[C@@H](C)/C=C/[C@@H](C)[C@H]1CC[C@H]2C3=CCC4=C[C@@H](O)CC[C@]4(C)[C@H]3CC[C@]12C. The smallest absolute Gasteiger partial charge is 0.0724 e. The van der Waals surface area contributed by atoms with Crippen LogP contribution in [0.1, 0.15) is 86.5 Å². The summed E-state index contributed by atoms with van der Waals surface area (Å²) in [5.74, 6) is 4.41. The van der Waals surface area contributed by atoms with Crippen molar-refractivity contribution in [2.24, 2.45) is 46.3 Å². The van der Waals surface area contributed by atoms with Gasteiger partial charge in [0.25, 0.3) is 0 Å². The number of aliphatic hydroxyl groups is 1. The zero-order valence-electron chi connectivity index (χ0n) is 19.7. The molecule has 4 aliphatic rings. The van der Waals surface area contributed by atoms with E-state index in [2.05, 4.69) is 65.8 Å². The topological polar surface area (TPSA) is 20.2 Å². The standard InChI is InChI=1S/C28H44O/c1-18(2)19(3)7-8-20(4)24-11-12-25-23-10-9-21-17-22(29)13-15-27(21,5)26(23)14-16-28(24,25)6/h7-8,10,17-20,22,24-26,29H,9,11-16H2,1-6H3/b8-7+/t19-,20+,22-,24+,25-,26-,27-,28+/m0/s1. The van der Waals surface area contributed by atoms with Crippen LogP contribution in [-0.2, 0) is 0 Å². The van der Waals surface area contributed by atoms with Crippen molar-refractivity contribution in [1.29, 1.82) is 0 Å². The Bertz CT molecular complexity index is 712. The van der Waals surface area contributed by atoms with Crippen molar-refractivity contribution in [3.63, 3.8) is 0 Å². The quantitative estimate of drug-likeness (QED) is 0.493. The van der Waals surface area contributed by atoms with Crippen molar-refractivity contribution < 1.29 is 5.11 Å². The summed E-state index contributed by atoms with van der Waals surface area (Å²) in [6, 6.07) is 0. The average Bonchev–Trinajstić information content (AvgIpc) is 3.03. The molecule has 1 nitrogen and oxygen atoms in total. The Hall–Kier alpha value is -0.820. The summed E-state index contributed by atoms with van der Waals surface area (Å²) < 4.78 is 0. The fraction of sp³-hybridized carbons (Fsp3) is 0.786. The summed E-state index contributed by atoms with van der Waals surface area (Å²) in [5.41, 5.74) is 4.12. The third-order valence-electron chi connectivity index (χ3n) is 10.0. The largest absolute Gasteiger partial charge is 0.389 e. The first-order valence-corrected chi connectivity index (χ1v) is 12.4. The van der Waals surface area contributed by atoms with Crippen molar-refractivity contribution in [2.75, 3.05) is 0 Å². The van der Waals surface area contributed by atoms with Crippen molar-refractivity contribution in [3.05, 3.63) is 35.5 Å². The number of hydrogen-bond acceptors (Lipinski definition) is 1. The van der Waals surface area contributed by atoms with E-state index in [1.54, 1.807) is 0 Å². The lowest BCUT2D eigenvalue weighted by Crippen LogP contribution is -2.46. The maximum Gasteiger partial charge on any atom is 0.0724 e. The van der Waals surface area contributed by atoms with E-state index in [9.17, 15) is 5.11 Å². The molecule has 4 rings (SSSR count). The Balaban J connectivity index is 1.56. The van der Waals surface area contributed by atoms with Gasteiger partial charge in [0.2, 0.25) is 0 Å². The van der Waals surface area contributed by atoms with Crippen molar-refractivity contribution in [3.8, 4) is 0 Å². The Morgan fingerprint density at radius 3 is 2.45 bits per heavy atom. The minimum absolute atomic E-state index is 0.210. The number of allylic oxidation sites excluding steroid dienone is 5. The van der Waals surface area contributed by atoms with E-state index in [0.29, 0.717) is 22.7 Å². The van der Waals surface area contributed by atoms with Gasteiger partial charge >= 0.3 is 0 Å². The van der Waals surface area contributed by atoms with Crippen molar-refractivity contribution >= 4 is 0 Å². The van der Waals surface area contributed by atoms with Gasteiger partial charge in [0.15, 0.2) is 0 Å². The van der Waals surface area contributed by atoms with Gasteiger partial charge in [-0.25, -0.2) is 0 Å². The molecule has 1 N–H and O–H groups in total. The molecule has 0 radical (unpaired) electrons. The molecule has 2 saturated carbocycles. The van der Waals surface area contributed by atoms with Gasteiger partial charge in [0, 0.05) is 0 Å². The van der Waals surface area contributed by atoms with Gasteiger partial charge in [-0.05, 0) is 91.3 Å². The van der Waals surface area contributed by atoms with Crippen LogP contribution < -0.4 is 0 Å². The maximum absolute atomic E-state index is 10.2. The van der Waals surface area contributed by atoms with Gasteiger partial charge in [-0.15, -0.1) is 0 Å². The molecule has 0 heterocycles. The minimum Gasteiger partial charge on any atom is -0.389 e. The normalized spacial score (nSPS) is 44.0. The van der Waals surface area contributed by atoms with Gasteiger partial charge in [-0.1, -0.05) is 77.0 Å². The van der Waals surface area contributed by atoms with Crippen LogP contribution in [0.15, 0.2) is 35.5 Å².